The Bertz CT molecular complexity index is 4.85. The number of hydrogen-bond donors (Lipinski definition) is 0. The third kappa shape index (κ3) is 22.2. The smallest absolute Gasteiger partial charge is 0 e. The van der Waals surface area contributed by atoms with Crippen LogP contribution in [0.4, 0.5) is 0 Å². The van der Waals surface area contributed by atoms with Gasteiger partial charge in [0, 0.05) is 71.2 Å². The van der Waals surface area contributed by atoms with Crippen molar-refractivity contribution in [3.63, 3.8) is 0 Å². The van der Waals surface area contributed by atoms with Crippen LogP contribution in [0.5, 0.6) is 0 Å². The molecule has 6 N–H and O–H groups in total. The van der Waals surface area contributed by atoms with Crippen LogP contribution in [0.3, 0.4) is 0 Å². The van der Waals surface area contributed by atoms with Gasteiger partial charge in [-0.3, -0.25) is 0 Å². The molecule has 0 amide bonds. The Morgan fingerprint density at radius 1 is 0.400 bits per heavy atom. The molecule has 5 heteroatoms. The summed E-state index contributed by atoms with van der Waals surface area (Å²) in [6, 6.07) is 0. The predicted octanol–water partition coefficient (Wildman–Crippen LogP) is -2.47. The van der Waals surface area contributed by atoms with E-state index < -0.39 is 0 Å². The van der Waals surface area contributed by atoms with Crippen LogP contribution in [0.25, 0.3) is 0 Å². The molecule has 0 aromatic rings. The van der Waals surface area contributed by atoms with Crippen molar-refractivity contribution in [3.8, 4) is 0 Å². The van der Waals surface area contributed by atoms with Crippen molar-refractivity contribution in [1.82, 2.24) is 0 Å². The van der Waals surface area contributed by atoms with Gasteiger partial charge in [0.1, 0.15) is 0 Å². The maximum atomic E-state index is 0. The zero-order valence-corrected chi connectivity index (χ0v) is 9.91. The molecule has 0 heterocycles. The number of hydrogen-bond acceptors (Lipinski definition) is 0. The summed E-state index contributed by atoms with van der Waals surface area (Å²) < 4.78 is 0. The van der Waals surface area contributed by atoms with Gasteiger partial charge in [-0.1, -0.05) is 0 Å². The van der Waals surface area contributed by atoms with Crippen molar-refractivity contribution in [2.45, 2.75) is 0 Å². The molecular formula is H6La2O3. The molecule has 0 saturated heterocycles. The molecule has 0 saturated carbocycles. The van der Waals surface area contributed by atoms with Crippen molar-refractivity contribution >= 4 is 0 Å². The van der Waals surface area contributed by atoms with E-state index in [-0.39, 0.29) is 87.6 Å². The minimum absolute atomic E-state index is 0. The van der Waals surface area contributed by atoms with Gasteiger partial charge in [-0.05, 0) is 0 Å². The largest absolute Gasteiger partial charge is 0.412 e. The van der Waals surface area contributed by atoms with Crippen molar-refractivity contribution < 1.29 is 87.6 Å². The monoisotopic (exact) mass is 332 g/mol. The van der Waals surface area contributed by atoms with E-state index in [4.69, 9.17) is 0 Å². The van der Waals surface area contributed by atoms with Crippen molar-refractivity contribution in [2.24, 2.45) is 0 Å². The summed E-state index contributed by atoms with van der Waals surface area (Å²) in [7, 11) is 0. The Morgan fingerprint density at radius 2 is 0.400 bits per heavy atom. The fourth-order valence-corrected chi connectivity index (χ4v) is 0. The first-order valence-electron chi connectivity index (χ1n) is 0. The predicted molar refractivity (Wildman–Crippen MR) is 10.8 cm³/mol. The van der Waals surface area contributed by atoms with Gasteiger partial charge < -0.3 is 16.4 Å². The maximum Gasteiger partial charge on any atom is 0 e. The molecule has 0 aliphatic heterocycles. The SMILES string of the molecule is O.O.O.[La].[La]. The molecular weight excluding hydrogens is 326 g/mol. The fourth-order valence-electron chi connectivity index (χ4n) is 0. The molecule has 0 spiro atoms. The molecule has 0 bridgehead atoms. The molecule has 5 heavy (non-hydrogen) atoms. The van der Waals surface area contributed by atoms with Gasteiger partial charge in [0.15, 0.2) is 0 Å². The van der Waals surface area contributed by atoms with Gasteiger partial charge in [0.05, 0.1) is 0 Å². The van der Waals surface area contributed by atoms with Gasteiger partial charge in [-0.25, -0.2) is 0 Å². The van der Waals surface area contributed by atoms with Crippen LogP contribution in [0, 0.1) is 71.2 Å². The van der Waals surface area contributed by atoms with Crippen LogP contribution in [0.1, 0.15) is 0 Å². The molecule has 0 aromatic carbocycles. The first kappa shape index (κ1) is 55.5. The maximum absolute atomic E-state index is 0. The van der Waals surface area contributed by atoms with Crippen LogP contribution >= 0.6 is 0 Å². The molecule has 0 aromatic heterocycles. The third-order valence-corrected chi connectivity index (χ3v) is 0. The van der Waals surface area contributed by atoms with Crippen molar-refractivity contribution in [3.05, 3.63) is 0 Å². The Morgan fingerprint density at radius 3 is 0.400 bits per heavy atom. The van der Waals surface area contributed by atoms with Gasteiger partial charge in [-0.2, -0.15) is 0 Å². The minimum Gasteiger partial charge on any atom is -0.412 e. The topological polar surface area (TPSA) is 94.5 Å². The summed E-state index contributed by atoms with van der Waals surface area (Å²) in [6.07, 6.45) is 0. The Balaban J connectivity index is 0. The Hall–Kier alpha value is 2.27. The molecule has 0 atom stereocenters. The van der Waals surface area contributed by atoms with E-state index in [9.17, 15) is 0 Å². The van der Waals surface area contributed by atoms with Crippen LogP contribution in [0.2, 0.25) is 0 Å². The zero-order valence-electron chi connectivity index (χ0n) is 2.65. The van der Waals surface area contributed by atoms with E-state index in [2.05, 4.69) is 0 Å². The fraction of sp³-hybridized carbons (Fsp3) is 0. The van der Waals surface area contributed by atoms with Gasteiger partial charge in [0.25, 0.3) is 0 Å². The Labute approximate surface area is 86.0 Å². The molecule has 0 aliphatic carbocycles. The first-order valence-corrected chi connectivity index (χ1v) is 0. The van der Waals surface area contributed by atoms with Crippen LogP contribution < -0.4 is 0 Å². The molecule has 0 rings (SSSR count). The van der Waals surface area contributed by atoms with Crippen LogP contribution in [0.15, 0.2) is 0 Å². The average molecular weight is 332 g/mol. The van der Waals surface area contributed by atoms with Gasteiger partial charge >= 0.3 is 0 Å². The molecule has 2 radical (unpaired) electrons. The third-order valence-electron chi connectivity index (χ3n) is 0. The number of rotatable bonds is 0. The minimum atomic E-state index is 0. The summed E-state index contributed by atoms with van der Waals surface area (Å²) in [5, 5.41) is 0. The van der Waals surface area contributed by atoms with E-state index in [0.29, 0.717) is 0 Å². The second-order valence-corrected chi connectivity index (χ2v) is 0. The van der Waals surface area contributed by atoms with Crippen LogP contribution in [-0.4, -0.2) is 16.4 Å². The second-order valence-electron chi connectivity index (χ2n) is 0. The summed E-state index contributed by atoms with van der Waals surface area (Å²) in [5.74, 6) is 0. The standard InChI is InChI=1S/2La.3H2O/h;;3*1H2. The summed E-state index contributed by atoms with van der Waals surface area (Å²) in [4.78, 5) is 0. The van der Waals surface area contributed by atoms with Crippen molar-refractivity contribution in [2.75, 3.05) is 0 Å². The zero-order chi connectivity index (χ0) is 0. The summed E-state index contributed by atoms with van der Waals surface area (Å²) >= 11 is 0. The van der Waals surface area contributed by atoms with E-state index >= 15 is 0 Å². The van der Waals surface area contributed by atoms with Gasteiger partial charge in [-0.15, -0.1) is 0 Å². The van der Waals surface area contributed by atoms with E-state index in [1.54, 1.807) is 0 Å². The first-order chi connectivity index (χ1) is 0. The molecule has 0 aliphatic rings. The van der Waals surface area contributed by atoms with E-state index in [0.717, 1.165) is 0 Å². The summed E-state index contributed by atoms with van der Waals surface area (Å²) in [5.41, 5.74) is 0. The normalized spacial score (nSPS) is 0. The molecule has 0 unspecified atom stereocenters. The van der Waals surface area contributed by atoms with Gasteiger partial charge in [0.2, 0.25) is 0 Å². The molecule has 0 fully saturated rings. The second kappa shape index (κ2) is 33.8. The summed E-state index contributed by atoms with van der Waals surface area (Å²) in [6.45, 7) is 0. The average Bonchev–Trinajstić information content (AvgIpc) is 0. The van der Waals surface area contributed by atoms with Crippen molar-refractivity contribution in [1.29, 1.82) is 0 Å². The quantitative estimate of drug-likeness (QED) is 0.470. The molecule has 3 nitrogen and oxygen atoms in total. The Kier molecular flexibility index (Phi) is 375. The molecule has 30 valence electrons. The van der Waals surface area contributed by atoms with E-state index in [1.807, 2.05) is 0 Å². The van der Waals surface area contributed by atoms with Crippen LogP contribution in [-0.2, 0) is 0 Å². The van der Waals surface area contributed by atoms with E-state index in [1.165, 1.54) is 0 Å².